The zero-order chi connectivity index (χ0) is 17.5. The molecule has 1 fully saturated rings. The van der Waals surface area contributed by atoms with E-state index in [4.69, 9.17) is 18.9 Å². The maximum absolute atomic E-state index is 10.2. The summed E-state index contributed by atoms with van der Waals surface area (Å²) in [5.74, 6) is 1.38. The third-order valence-corrected chi connectivity index (χ3v) is 4.17. The number of benzene rings is 1. The molecular formula is C18H30NO5+. The van der Waals surface area contributed by atoms with Gasteiger partial charge in [-0.1, -0.05) is 6.07 Å². The second-order valence-corrected chi connectivity index (χ2v) is 6.48. The molecule has 1 aliphatic heterocycles. The molecule has 0 bridgehead atoms. The van der Waals surface area contributed by atoms with Gasteiger partial charge in [-0.25, -0.2) is 0 Å². The summed E-state index contributed by atoms with van der Waals surface area (Å²) < 4.78 is 21.9. The molecule has 0 radical (unpaired) electrons. The maximum atomic E-state index is 10.2. The maximum Gasteiger partial charge on any atom is 0.161 e. The highest BCUT2D eigenvalue weighted by Crippen LogP contribution is 2.27. The highest BCUT2D eigenvalue weighted by molar-refractivity contribution is 5.42. The molecule has 1 heterocycles. The number of aliphatic hydroxyl groups excluding tert-OH is 1. The Morgan fingerprint density at radius 3 is 2.46 bits per heavy atom. The number of quaternary nitrogens is 1. The molecule has 6 heteroatoms. The number of aliphatic hydroxyl groups is 1. The Morgan fingerprint density at radius 2 is 1.83 bits per heavy atom. The second kappa shape index (κ2) is 9.22. The summed E-state index contributed by atoms with van der Waals surface area (Å²) >= 11 is 0. The van der Waals surface area contributed by atoms with Crippen LogP contribution >= 0.6 is 0 Å². The van der Waals surface area contributed by atoms with Gasteiger partial charge in [0.05, 0.1) is 27.4 Å². The fourth-order valence-electron chi connectivity index (χ4n) is 3.23. The van der Waals surface area contributed by atoms with Crippen LogP contribution in [0.15, 0.2) is 18.2 Å². The predicted octanol–water partition coefficient (Wildman–Crippen LogP) is 0.273. The van der Waals surface area contributed by atoms with Crippen molar-refractivity contribution in [1.29, 1.82) is 0 Å². The van der Waals surface area contributed by atoms with Gasteiger partial charge < -0.3 is 29.0 Å². The second-order valence-electron chi connectivity index (χ2n) is 6.48. The highest BCUT2D eigenvalue weighted by Gasteiger charge is 2.27. The van der Waals surface area contributed by atoms with Crippen LogP contribution in [0.5, 0.6) is 11.5 Å². The van der Waals surface area contributed by atoms with E-state index in [1.54, 1.807) is 14.2 Å². The quantitative estimate of drug-likeness (QED) is 0.712. The lowest BCUT2D eigenvalue weighted by atomic mass is 10.2. The molecule has 6 nitrogen and oxygen atoms in total. The van der Waals surface area contributed by atoms with Crippen molar-refractivity contribution in [3.05, 3.63) is 23.8 Å². The molecule has 1 aromatic carbocycles. The minimum absolute atomic E-state index is 0.239. The van der Waals surface area contributed by atoms with Crippen molar-refractivity contribution < 1.29 is 29.0 Å². The predicted molar refractivity (Wildman–Crippen MR) is 90.8 cm³/mol. The van der Waals surface area contributed by atoms with E-state index in [0.29, 0.717) is 31.3 Å². The van der Waals surface area contributed by atoms with E-state index in [-0.39, 0.29) is 12.2 Å². The molecule has 0 spiro atoms. The summed E-state index contributed by atoms with van der Waals surface area (Å²) in [7, 11) is 3.22. The standard InChI is InChI=1S/C18H29NO5/c1-13-8-19(9-14(2)24-13)10-16(20)12-23-11-15-5-6-17(21-3)18(7-15)22-4/h5-7,13-14,16,20H,8-12H2,1-4H3/p+1/t13-,14-,16+/m1/s1. The Kier molecular flexibility index (Phi) is 7.30. The minimum atomic E-state index is -0.474. The van der Waals surface area contributed by atoms with Gasteiger partial charge in [-0.15, -0.1) is 0 Å². The van der Waals surface area contributed by atoms with Crippen LogP contribution in [0.4, 0.5) is 0 Å². The average Bonchev–Trinajstić information content (AvgIpc) is 2.53. The number of morpholine rings is 1. The van der Waals surface area contributed by atoms with Crippen LogP contribution in [-0.2, 0) is 16.1 Å². The summed E-state index contributed by atoms with van der Waals surface area (Å²) in [6.07, 6.45) is 0.00455. The summed E-state index contributed by atoms with van der Waals surface area (Å²) in [5.41, 5.74) is 0.987. The number of rotatable bonds is 8. The van der Waals surface area contributed by atoms with Gasteiger partial charge in [0.2, 0.25) is 0 Å². The smallest absolute Gasteiger partial charge is 0.161 e. The summed E-state index contributed by atoms with van der Waals surface area (Å²) in [5, 5.41) is 10.2. The van der Waals surface area contributed by atoms with E-state index < -0.39 is 6.10 Å². The number of hydrogen-bond donors (Lipinski definition) is 2. The first-order chi connectivity index (χ1) is 11.5. The van der Waals surface area contributed by atoms with Gasteiger partial charge in [0.15, 0.2) is 11.5 Å². The molecule has 0 unspecified atom stereocenters. The fraction of sp³-hybridized carbons (Fsp3) is 0.667. The molecule has 3 atom stereocenters. The molecule has 0 amide bonds. The van der Waals surface area contributed by atoms with Crippen LogP contribution < -0.4 is 14.4 Å². The minimum Gasteiger partial charge on any atom is -0.493 e. The van der Waals surface area contributed by atoms with E-state index in [9.17, 15) is 5.11 Å². The average molecular weight is 340 g/mol. The van der Waals surface area contributed by atoms with Crippen LogP contribution in [-0.4, -0.2) is 63.9 Å². The lowest BCUT2D eigenvalue weighted by Gasteiger charge is -2.33. The zero-order valence-electron chi connectivity index (χ0n) is 15.1. The van der Waals surface area contributed by atoms with Gasteiger partial charge in [0.25, 0.3) is 0 Å². The molecule has 1 aliphatic rings. The molecule has 2 rings (SSSR count). The molecule has 136 valence electrons. The van der Waals surface area contributed by atoms with E-state index in [1.807, 2.05) is 18.2 Å². The highest BCUT2D eigenvalue weighted by atomic mass is 16.5. The lowest BCUT2D eigenvalue weighted by molar-refractivity contribution is -0.918. The van der Waals surface area contributed by atoms with E-state index in [2.05, 4.69) is 13.8 Å². The summed E-state index contributed by atoms with van der Waals surface area (Å²) in [4.78, 5) is 1.36. The Labute approximate surface area is 144 Å². The van der Waals surface area contributed by atoms with Gasteiger partial charge in [-0.05, 0) is 31.5 Å². The van der Waals surface area contributed by atoms with Gasteiger partial charge in [-0.2, -0.15) is 0 Å². The number of nitrogens with one attached hydrogen (secondary N) is 1. The Hall–Kier alpha value is -1.34. The van der Waals surface area contributed by atoms with Gasteiger partial charge in [0.1, 0.15) is 37.9 Å². The van der Waals surface area contributed by atoms with Crippen LogP contribution in [0.2, 0.25) is 0 Å². The number of methoxy groups -OCH3 is 2. The van der Waals surface area contributed by atoms with Crippen molar-refractivity contribution in [3.8, 4) is 11.5 Å². The monoisotopic (exact) mass is 340 g/mol. The van der Waals surface area contributed by atoms with E-state index in [0.717, 1.165) is 18.7 Å². The van der Waals surface area contributed by atoms with Crippen LogP contribution in [0, 0.1) is 0 Å². The first-order valence-electron chi connectivity index (χ1n) is 8.47. The van der Waals surface area contributed by atoms with Crippen molar-refractivity contribution >= 4 is 0 Å². The first kappa shape index (κ1) is 19.0. The molecule has 0 aromatic heterocycles. The van der Waals surface area contributed by atoms with Gasteiger partial charge >= 0.3 is 0 Å². The van der Waals surface area contributed by atoms with Crippen molar-refractivity contribution in [2.24, 2.45) is 0 Å². The largest absolute Gasteiger partial charge is 0.493 e. The third-order valence-electron chi connectivity index (χ3n) is 4.17. The van der Waals surface area contributed by atoms with Crippen molar-refractivity contribution in [3.63, 3.8) is 0 Å². The molecule has 0 saturated carbocycles. The molecule has 2 N–H and O–H groups in total. The molecule has 24 heavy (non-hydrogen) atoms. The first-order valence-corrected chi connectivity index (χ1v) is 8.47. The Bertz CT molecular complexity index is 500. The normalized spacial score (nSPS) is 25.3. The van der Waals surface area contributed by atoms with Crippen molar-refractivity contribution in [1.82, 2.24) is 0 Å². The lowest BCUT2D eigenvalue weighted by Crippen LogP contribution is -3.16. The molecular weight excluding hydrogens is 310 g/mol. The van der Waals surface area contributed by atoms with Crippen molar-refractivity contribution in [2.45, 2.75) is 38.8 Å². The molecule has 1 saturated heterocycles. The molecule has 1 aromatic rings. The van der Waals surface area contributed by atoms with E-state index in [1.165, 1.54) is 4.90 Å². The molecule has 0 aliphatic carbocycles. The van der Waals surface area contributed by atoms with Crippen LogP contribution in [0.1, 0.15) is 19.4 Å². The Morgan fingerprint density at radius 1 is 1.17 bits per heavy atom. The number of hydrogen-bond acceptors (Lipinski definition) is 5. The summed E-state index contributed by atoms with van der Waals surface area (Å²) in [6.45, 7) is 7.45. The van der Waals surface area contributed by atoms with Crippen LogP contribution in [0.25, 0.3) is 0 Å². The van der Waals surface area contributed by atoms with Crippen LogP contribution in [0.3, 0.4) is 0 Å². The SMILES string of the molecule is COc1ccc(COC[C@@H](O)C[NH+]2C[C@@H](C)O[C@H](C)C2)cc1OC. The van der Waals surface area contributed by atoms with Gasteiger partial charge in [-0.3, -0.25) is 0 Å². The zero-order valence-corrected chi connectivity index (χ0v) is 15.1. The summed E-state index contributed by atoms with van der Waals surface area (Å²) in [6, 6.07) is 5.68. The van der Waals surface area contributed by atoms with Crippen molar-refractivity contribution in [2.75, 3.05) is 40.5 Å². The van der Waals surface area contributed by atoms with E-state index >= 15 is 0 Å². The topological polar surface area (TPSA) is 61.6 Å². The third kappa shape index (κ3) is 5.63. The Balaban J connectivity index is 1.75. The van der Waals surface area contributed by atoms with Gasteiger partial charge in [0, 0.05) is 0 Å². The fourth-order valence-corrected chi connectivity index (χ4v) is 3.23. The number of ether oxygens (including phenoxy) is 4.